The van der Waals surface area contributed by atoms with Gasteiger partial charge in [0.1, 0.15) is 11.9 Å². The normalized spacial score (nSPS) is 23.7. The van der Waals surface area contributed by atoms with Gasteiger partial charge in [0.05, 0.1) is 5.92 Å². The number of carboxylic acid groups (broad SMARTS) is 1. The van der Waals surface area contributed by atoms with Crippen LogP contribution in [0.25, 0.3) is 0 Å². The van der Waals surface area contributed by atoms with Gasteiger partial charge in [-0.3, -0.25) is 4.79 Å². The van der Waals surface area contributed by atoms with Gasteiger partial charge in [0, 0.05) is 0 Å². The van der Waals surface area contributed by atoms with Crippen LogP contribution in [-0.4, -0.2) is 17.2 Å². The second-order valence-electron chi connectivity index (χ2n) is 5.15. The van der Waals surface area contributed by atoms with E-state index in [1.165, 1.54) is 5.56 Å². The molecule has 3 nitrogen and oxygen atoms in total. The van der Waals surface area contributed by atoms with Crippen molar-refractivity contribution in [1.82, 2.24) is 0 Å². The fraction of sp³-hybridized carbons (Fsp3) is 0.533. The standard InChI is InChI=1S/C15H20O3/c1-10-7-8-13(11(2)9-10)18-14-6-4-3-5-12(14)15(16)17/h7-9,12,14H,3-6H2,1-2H3,(H,16,17). The van der Waals surface area contributed by atoms with Crippen LogP contribution in [0.15, 0.2) is 18.2 Å². The first-order valence-corrected chi connectivity index (χ1v) is 6.54. The predicted molar refractivity (Wildman–Crippen MR) is 69.9 cm³/mol. The molecular formula is C15H20O3. The van der Waals surface area contributed by atoms with E-state index in [4.69, 9.17) is 4.74 Å². The highest BCUT2D eigenvalue weighted by Gasteiger charge is 2.32. The molecule has 0 heterocycles. The summed E-state index contributed by atoms with van der Waals surface area (Å²) in [6, 6.07) is 6.01. The lowest BCUT2D eigenvalue weighted by atomic mass is 9.86. The molecule has 1 aliphatic carbocycles. The Kier molecular flexibility index (Phi) is 3.90. The third-order valence-electron chi connectivity index (χ3n) is 3.63. The van der Waals surface area contributed by atoms with Crippen molar-refractivity contribution in [2.24, 2.45) is 5.92 Å². The van der Waals surface area contributed by atoms with Gasteiger partial charge in [-0.15, -0.1) is 0 Å². The van der Waals surface area contributed by atoms with Gasteiger partial charge in [0.2, 0.25) is 0 Å². The van der Waals surface area contributed by atoms with E-state index in [2.05, 4.69) is 6.07 Å². The molecule has 0 spiro atoms. The van der Waals surface area contributed by atoms with Gasteiger partial charge in [0.15, 0.2) is 0 Å². The number of rotatable bonds is 3. The van der Waals surface area contributed by atoms with Gasteiger partial charge >= 0.3 is 5.97 Å². The maximum absolute atomic E-state index is 11.2. The molecule has 0 radical (unpaired) electrons. The lowest BCUT2D eigenvalue weighted by Crippen LogP contribution is -2.35. The molecule has 3 heteroatoms. The summed E-state index contributed by atoms with van der Waals surface area (Å²) in [6.07, 6.45) is 3.43. The summed E-state index contributed by atoms with van der Waals surface area (Å²) in [5.74, 6) is -0.275. The molecule has 0 bridgehead atoms. The summed E-state index contributed by atoms with van der Waals surface area (Å²) in [4.78, 5) is 11.2. The van der Waals surface area contributed by atoms with Crippen molar-refractivity contribution in [3.05, 3.63) is 29.3 Å². The number of carbonyl (C=O) groups is 1. The highest BCUT2D eigenvalue weighted by Crippen LogP contribution is 2.30. The molecule has 0 amide bonds. The minimum Gasteiger partial charge on any atom is -0.489 e. The molecule has 2 atom stereocenters. The van der Waals surface area contributed by atoms with Crippen molar-refractivity contribution in [3.63, 3.8) is 0 Å². The van der Waals surface area contributed by atoms with Crippen LogP contribution in [0.3, 0.4) is 0 Å². The molecular weight excluding hydrogens is 228 g/mol. The first kappa shape index (κ1) is 12.9. The smallest absolute Gasteiger partial charge is 0.310 e. The lowest BCUT2D eigenvalue weighted by Gasteiger charge is -2.29. The molecule has 1 N–H and O–H groups in total. The van der Waals surface area contributed by atoms with Crippen LogP contribution >= 0.6 is 0 Å². The average molecular weight is 248 g/mol. The fourth-order valence-corrected chi connectivity index (χ4v) is 2.62. The van der Waals surface area contributed by atoms with E-state index < -0.39 is 5.97 Å². The summed E-state index contributed by atoms with van der Waals surface area (Å²) >= 11 is 0. The third-order valence-corrected chi connectivity index (χ3v) is 3.63. The van der Waals surface area contributed by atoms with E-state index in [1.807, 2.05) is 26.0 Å². The van der Waals surface area contributed by atoms with E-state index in [-0.39, 0.29) is 12.0 Å². The molecule has 18 heavy (non-hydrogen) atoms. The van der Waals surface area contributed by atoms with Crippen LogP contribution in [0, 0.1) is 19.8 Å². The fourth-order valence-electron chi connectivity index (χ4n) is 2.62. The molecule has 1 aromatic rings. The highest BCUT2D eigenvalue weighted by molar-refractivity contribution is 5.70. The highest BCUT2D eigenvalue weighted by atomic mass is 16.5. The first-order valence-electron chi connectivity index (χ1n) is 6.54. The number of aliphatic carboxylic acids is 1. The molecule has 0 aromatic heterocycles. The van der Waals surface area contributed by atoms with Crippen LogP contribution in [0.5, 0.6) is 5.75 Å². The Balaban J connectivity index is 2.13. The van der Waals surface area contributed by atoms with Crippen LogP contribution < -0.4 is 4.74 Å². The minimum absolute atomic E-state index is 0.183. The average Bonchev–Trinajstić information content (AvgIpc) is 2.33. The van der Waals surface area contributed by atoms with Crippen molar-refractivity contribution < 1.29 is 14.6 Å². The van der Waals surface area contributed by atoms with E-state index in [9.17, 15) is 9.90 Å². The van der Waals surface area contributed by atoms with Gasteiger partial charge in [-0.25, -0.2) is 0 Å². The number of aryl methyl sites for hydroxylation is 2. The Morgan fingerprint density at radius 3 is 2.67 bits per heavy atom. The molecule has 0 saturated heterocycles. The zero-order valence-corrected chi connectivity index (χ0v) is 11.0. The Morgan fingerprint density at radius 1 is 1.28 bits per heavy atom. The molecule has 1 fully saturated rings. The summed E-state index contributed by atoms with van der Waals surface area (Å²) in [7, 11) is 0. The summed E-state index contributed by atoms with van der Waals surface area (Å²) in [6.45, 7) is 4.04. The summed E-state index contributed by atoms with van der Waals surface area (Å²) in [5.41, 5.74) is 2.27. The quantitative estimate of drug-likeness (QED) is 0.892. The van der Waals surface area contributed by atoms with Crippen molar-refractivity contribution in [2.45, 2.75) is 45.6 Å². The second-order valence-corrected chi connectivity index (χ2v) is 5.15. The number of hydrogen-bond donors (Lipinski definition) is 1. The lowest BCUT2D eigenvalue weighted by molar-refractivity contribution is -0.146. The Hall–Kier alpha value is -1.51. The van der Waals surface area contributed by atoms with Gasteiger partial charge in [-0.05, 0) is 44.7 Å². The topological polar surface area (TPSA) is 46.5 Å². The number of benzene rings is 1. The zero-order chi connectivity index (χ0) is 13.1. The maximum Gasteiger partial charge on any atom is 0.310 e. The molecule has 1 aliphatic rings. The van der Waals surface area contributed by atoms with Crippen molar-refractivity contribution in [1.29, 1.82) is 0 Å². The number of hydrogen-bond acceptors (Lipinski definition) is 2. The summed E-state index contributed by atoms with van der Waals surface area (Å²) < 4.78 is 5.93. The first-order chi connectivity index (χ1) is 8.58. The third kappa shape index (κ3) is 2.84. The Labute approximate surface area is 108 Å². The van der Waals surface area contributed by atoms with Crippen LogP contribution in [-0.2, 0) is 4.79 Å². The second kappa shape index (κ2) is 5.42. The Bertz CT molecular complexity index is 439. The van der Waals surface area contributed by atoms with Crippen molar-refractivity contribution in [3.8, 4) is 5.75 Å². The number of ether oxygens (including phenoxy) is 1. The van der Waals surface area contributed by atoms with Crippen LogP contribution in [0.1, 0.15) is 36.8 Å². The van der Waals surface area contributed by atoms with Crippen LogP contribution in [0.2, 0.25) is 0 Å². The van der Waals surface area contributed by atoms with E-state index >= 15 is 0 Å². The Morgan fingerprint density at radius 2 is 2.00 bits per heavy atom. The van der Waals surface area contributed by atoms with E-state index in [0.717, 1.165) is 37.0 Å². The molecule has 1 saturated carbocycles. The monoisotopic (exact) mass is 248 g/mol. The summed E-state index contributed by atoms with van der Waals surface area (Å²) in [5, 5.41) is 9.22. The molecule has 2 rings (SSSR count). The maximum atomic E-state index is 11.2. The van der Waals surface area contributed by atoms with Crippen molar-refractivity contribution >= 4 is 5.97 Å². The van der Waals surface area contributed by atoms with E-state index in [0.29, 0.717) is 0 Å². The van der Waals surface area contributed by atoms with Gasteiger partial charge in [0.25, 0.3) is 0 Å². The van der Waals surface area contributed by atoms with Gasteiger partial charge in [-0.2, -0.15) is 0 Å². The molecule has 98 valence electrons. The SMILES string of the molecule is Cc1ccc(OC2CCCCC2C(=O)O)c(C)c1. The van der Waals surface area contributed by atoms with E-state index in [1.54, 1.807) is 0 Å². The van der Waals surface area contributed by atoms with Gasteiger partial charge in [-0.1, -0.05) is 24.1 Å². The van der Waals surface area contributed by atoms with Gasteiger partial charge < -0.3 is 9.84 Å². The molecule has 2 unspecified atom stereocenters. The van der Waals surface area contributed by atoms with Crippen molar-refractivity contribution in [2.75, 3.05) is 0 Å². The predicted octanol–water partition coefficient (Wildman–Crippen LogP) is 3.33. The zero-order valence-electron chi connectivity index (χ0n) is 11.0. The van der Waals surface area contributed by atoms with Crippen LogP contribution in [0.4, 0.5) is 0 Å². The minimum atomic E-state index is -0.732. The number of carboxylic acids is 1. The molecule has 0 aliphatic heterocycles. The molecule has 1 aromatic carbocycles. The largest absolute Gasteiger partial charge is 0.489 e.